The summed E-state index contributed by atoms with van der Waals surface area (Å²) >= 11 is 0. The van der Waals surface area contributed by atoms with Crippen LogP contribution in [0.3, 0.4) is 0 Å². The Bertz CT molecular complexity index is 291. The summed E-state index contributed by atoms with van der Waals surface area (Å²) in [6.45, 7) is 6.68. The van der Waals surface area contributed by atoms with E-state index in [9.17, 15) is 9.59 Å². The lowest BCUT2D eigenvalue weighted by Crippen LogP contribution is -2.39. The van der Waals surface area contributed by atoms with Crippen LogP contribution in [0.5, 0.6) is 0 Å². The third-order valence-corrected chi connectivity index (χ3v) is 3.27. The van der Waals surface area contributed by atoms with Crippen molar-refractivity contribution in [1.29, 1.82) is 0 Å². The van der Waals surface area contributed by atoms with Crippen LogP contribution in [0.1, 0.15) is 26.2 Å². The summed E-state index contributed by atoms with van der Waals surface area (Å²) in [7, 11) is 0. The maximum atomic E-state index is 11.6. The molecule has 3 N–H and O–H groups in total. The molecule has 0 unspecified atom stereocenters. The van der Waals surface area contributed by atoms with Gasteiger partial charge in [-0.25, -0.2) is 0 Å². The third kappa shape index (κ3) is 7.79. The number of ether oxygens (including phenoxy) is 1. The Morgan fingerprint density at radius 2 is 2.05 bits per heavy atom. The molecule has 1 atom stereocenters. The third-order valence-electron chi connectivity index (χ3n) is 3.27. The van der Waals surface area contributed by atoms with Crippen LogP contribution in [0.2, 0.25) is 0 Å². The van der Waals surface area contributed by atoms with E-state index in [-0.39, 0.29) is 17.7 Å². The second-order valence-corrected chi connectivity index (χ2v) is 5.12. The number of nitrogens with zero attached hydrogens (tertiary/aromatic N) is 1. The van der Waals surface area contributed by atoms with Crippen molar-refractivity contribution in [1.82, 2.24) is 10.2 Å². The summed E-state index contributed by atoms with van der Waals surface area (Å²) in [5.74, 6) is 0.000883. The predicted molar refractivity (Wildman–Crippen MR) is 72.5 cm³/mol. The SMILES string of the molecule is C[C@@H](CCNC(=O)CCN1CCOCC1)CC(N)=O. The number of nitrogens with two attached hydrogens (primary N) is 1. The summed E-state index contributed by atoms with van der Waals surface area (Å²) < 4.78 is 5.25. The maximum absolute atomic E-state index is 11.6. The molecule has 0 bridgehead atoms. The van der Waals surface area contributed by atoms with Crippen molar-refractivity contribution < 1.29 is 14.3 Å². The van der Waals surface area contributed by atoms with Gasteiger partial charge in [-0.3, -0.25) is 14.5 Å². The van der Waals surface area contributed by atoms with Gasteiger partial charge in [-0.05, 0) is 12.3 Å². The molecule has 19 heavy (non-hydrogen) atoms. The molecule has 1 rings (SSSR count). The molecular weight excluding hydrogens is 246 g/mol. The largest absolute Gasteiger partial charge is 0.379 e. The second kappa shape index (κ2) is 8.87. The van der Waals surface area contributed by atoms with E-state index in [1.165, 1.54) is 0 Å². The van der Waals surface area contributed by atoms with E-state index < -0.39 is 0 Å². The molecular formula is C13H25N3O3. The first-order chi connectivity index (χ1) is 9.08. The fourth-order valence-electron chi connectivity index (χ4n) is 2.08. The molecule has 1 aliphatic rings. The van der Waals surface area contributed by atoms with E-state index in [0.717, 1.165) is 39.3 Å². The summed E-state index contributed by atoms with van der Waals surface area (Å²) in [5, 5.41) is 2.88. The van der Waals surface area contributed by atoms with Gasteiger partial charge in [-0.15, -0.1) is 0 Å². The van der Waals surface area contributed by atoms with Gasteiger partial charge in [-0.1, -0.05) is 6.92 Å². The van der Waals surface area contributed by atoms with E-state index in [4.69, 9.17) is 10.5 Å². The summed E-state index contributed by atoms with van der Waals surface area (Å²) in [4.78, 5) is 24.6. The van der Waals surface area contributed by atoms with Gasteiger partial charge in [0.25, 0.3) is 0 Å². The van der Waals surface area contributed by atoms with E-state index in [1.54, 1.807) is 0 Å². The Kier molecular flexibility index (Phi) is 7.43. The number of carbonyl (C=O) groups excluding carboxylic acids is 2. The van der Waals surface area contributed by atoms with Crippen molar-refractivity contribution >= 4 is 11.8 Å². The number of carbonyl (C=O) groups is 2. The quantitative estimate of drug-likeness (QED) is 0.636. The molecule has 0 aromatic heterocycles. The molecule has 1 fully saturated rings. The number of hydrogen-bond donors (Lipinski definition) is 2. The van der Waals surface area contributed by atoms with Crippen LogP contribution >= 0.6 is 0 Å². The first-order valence-corrected chi connectivity index (χ1v) is 6.93. The summed E-state index contributed by atoms with van der Waals surface area (Å²) in [6.07, 6.45) is 1.68. The number of nitrogens with one attached hydrogen (secondary N) is 1. The Morgan fingerprint density at radius 1 is 1.37 bits per heavy atom. The van der Waals surface area contributed by atoms with Crippen molar-refractivity contribution in [2.45, 2.75) is 26.2 Å². The smallest absolute Gasteiger partial charge is 0.221 e. The number of amides is 2. The van der Waals surface area contributed by atoms with Crippen LogP contribution in [0.4, 0.5) is 0 Å². The van der Waals surface area contributed by atoms with Gasteiger partial charge in [-0.2, -0.15) is 0 Å². The summed E-state index contributed by atoms with van der Waals surface area (Å²) in [6, 6.07) is 0. The molecule has 0 aromatic rings. The highest BCUT2D eigenvalue weighted by molar-refractivity contribution is 5.76. The fraction of sp³-hybridized carbons (Fsp3) is 0.846. The van der Waals surface area contributed by atoms with Crippen molar-refractivity contribution in [2.75, 3.05) is 39.4 Å². The van der Waals surface area contributed by atoms with Crippen LogP contribution in [0.15, 0.2) is 0 Å². The second-order valence-electron chi connectivity index (χ2n) is 5.12. The van der Waals surface area contributed by atoms with E-state index >= 15 is 0 Å². The maximum Gasteiger partial charge on any atom is 0.221 e. The van der Waals surface area contributed by atoms with Gasteiger partial charge < -0.3 is 15.8 Å². The zero-order valence-electron chi connectivity index (χ0n) is 11.7. The number of rotatable bonds is 8. The average molecular weight is 271 g/mol. The Hall–Kier alpha value is -1.14. The van der Waals surface area contributed by atoms with Gasteiger partial charge in [0.1, 0.15) is 0 Å². The van der Waals surface area contributed by atoms with E-state index in [1.807, 2.05) is 6.92 Å². The van der Waals surface area contributed by atoms with Gasteiger partial charge in [0, 0.05) is 39.0 Å². The zero-order valence-corrected chi connectivity index (χ0v) is 11.7. The first kappa shape index (κ1) is 15.9. The van der Waals surface area contributed by atoms with Crippen LogP contribution in [0.25, 0.3) is 0 Å². The van der Waals surface area contributed by atoms with E-state index in [2.05, 4.69) is 10.2 Å². The molecule has 0 radical (unpaired) electrons. The van der Waals surface area contributed by atoms with Crippen LogP contribution in [-0.4, -0.2) is 56.1 Å². The van der Waals surface area contributed by atoms with Gasteiger partial charge in [0.05, 0.1) is 13.2 Å². The van der Waals surface area contributed by atoms with E-state index in [0.29, 0.717) is 19.4 Å². The number of morpholine rings is 1. The van der Waals surface area contributed by atoms with Crippen LogP contribution in [0, 0.1) is 5.92 Å². The highest BCUT2D eigenvalue weighted by Crippen LogP contribution is 2.05. The van der Waals surface area contributed by atoms with Gasteiger partial charge in [0.15, 0.2) is 0 Å². The minimum Gasteiger partial charge on any atom is -0.379 e. The lowest BCUT2D eigenvalue weighted by atomic mass is 10.0. The highest BCUT2D eigenvalue weighted by atomic mass is 16.5. The Morgan fingerprint density at radius 3 is 2.68 bits per heavy atom. The topological polar surface area (TPSA) is 84.7 Å². The molecule has 110 valence electrons. The molecule has 0 aromatic carbocycles. The molecule has 1 heterocycles. The van der Waals surface area contributed by atoms with Gasteiger partial charge >= 0.3 is 0 Å². The predicted octanol–water partition coefficient (Wildman–Crippen LogP) is -0.273. The zero-order chi connectivity index (χ0) is 14.1. The normalized spacial score (nSPS) is 17.9. The molecule has 0 aliphatic carbocycles. The van der Waals surface area contributed by atoms with Crippen molar-refractivity contribution in [2.24, 2.45) is 11.7 Å². The Balaban J connectivity index is 2.02. The summed E-state index contributed by atoms with van der Waals surface area (Å²) in [5.41, 5.74) is 5.11. The van der Waals surface area contributed by atoms with Crippen molar-refractivity contribution in [3.05, 3.63) is 0 Å². The Labute approximate surface area is 114 Å². The molecule has 0 saturated carbocycles. The highest BCUT2D eigenvalue weighted by Gasteiger charge is 2.12. The lowest BCUT2D eigenvalue weighted by Gasteiger charge is -2.26. The lowest BCUT2D eigenvalue weighted by molar-refractivity contribution is -0.121. The van der Waals surface area contributed by atoms with Crippen LogP contribution in [-0.2, 0) is 14.3 Å². The fourth-order valence-corrected chi connectivity index (χ4v) is 2.08. The minimum absolute atomic E-state index is 0.0674. The molecule has 6 heteroatoms. The van der Waals surface area contributed by atoms with Crippen molar-refractivity contribution in [3.8, 4) is 0 Å². The van der Waals surface area contributed by atoms with Gasteiger partial charge in [0.2, 0.25) is 11.8 Å². The molecule has 0 spiro atoms. The average Bonchev–Trinajstić information content (AvgIpc) is 2.36. The minimum atomic E-state index is -0.286. The number of hydrogen-bond acceptors (Lipinski definition) is 4. The molecule has 6 nitrogen and oxygen atoms in total. The van der Waals surface area contributed by atoms with Crippen molar-refractivity contribution in [3.63, 3.8) is 0 Å². The molecule has 1 aliphatic heterocycles. The monoisotopic (exact) mass is 271 g/mol. The number of primary amides is 1. The standard InChI is InChI=1S/C13H25N3O3/c1-11(10-12(14)17)2-4-15-13(18)3-5-16-6-8-19-9-7-16/h11H,2-10H2,1H3,(H2,14,17)(H,15,18)/t11-/m0/s1. The first-order valence-electron chi connectivity index (χ1n) is 6.93. The molecule has 1 saturated heterocycles. The molecule has 2 amide bonds. The van der Waals surface area contributed by atoms with Crippen LogP contribution < -0.4 is 11.1 Å².